The van der Waals surface area contributed by atoms with Crippen LogP contribution in [-0.4, -0.2) is 15.1 Å². The van der Waals surface area contributed by atoms with Crippen LogP contribution in [0.2, 0.25) is 5.02 Å². The molecule has 0 atom stereocenters. The van der Waals surface area contributed by atoms with Crippen molar-refractivity contribution in [2.75, 3.05) is 0 Å². The van der Waals surface area contributed by atoms with E-state index >= 15 is 0 Å². The minimum Gasteiger partial charge on any atom is -0.424 e. The number of aromatic nitrogens is 3. The van der Waals surface area contributed by atoms with Gasteiger partial charge in [-0.15, -0.1) is 0 Å². The molecular formula is C15H10ClF2N3O2. The lowest BCUT2D eigenvalue weighted by molar-refractivity contribution is 0.140. The molecule has 0 spiro atoms. The van der Waals surface area contributed by atoms with Gasteiger partial charge in [0.15, 0.2) is 5.76 Å². The summed E-state index contributed by atoms with van der Waals surface area (Å²) < 4.78 is 36.0. The van der Waals surface area contributed by atoms with Gasteiger partial charge < -0.3 is 9.26 Å². The normalized spacial score (nSPS) is 11.0. The van der Waals surface area contributed by atoms with Crippen molar-refractivity contribution in [3.05, 3.63) is 52.9 Å². The van der Waals surface area contributed by atoms with Crippen LogP contribution in [0.3, 0.4) is 0 Å². The largest absolute Gasteiger partial charge is 0.424 e. The minimum atomic E-state index is -2.71. The first-order chi connectivity index (χ1) is 11.0. The third-order valence-electron chi connectivity index (χ3n) is 3.03. The third-order valence-corrected chi connectivity index (χ3v) is 3.23. The monoisotopic (exact) mass is 337 g/mol. The summed E-state index contributed by atoms with van der Waals surface area (Å²) in [6, 6.07) is 6.48. The maximum absolute atomic E-state index is 12.7. The zero-order chi connectivity index (χ0) is 16.4. The van der Waals surface area contributed by atoms with Crippen molar-refractivity contribution in [3.8, 4) is 23.1 Å². The van der Waals surface area contributed by atoms with Crippen LogP contribution < -0.4 is 4.74 Å². The predicted molar refractivity (Wildman–Crippen MR) is 78.7 cm³/mol. The van der Waals surface area contributed by atoms with Gasteiger partial charge in [-0.3, -0.25) is 0 Å². The maximum atomic E-state index is 12.7. The maximum Gasteiger partial charge on any atom is 0.321 e. The third kappa shape index (κ3) is 3.29. The van der Waals surface area contributed by atoms with Gasteiger partial charge in [-0.2, -0.15) is 0 Å². The smallest absolute Gasteiger partial charge is 0.321 e. The molecule has 0 fully saturated rings. The van der Waals surface area contributed by atoms with Crippen LogP contribution in [0, 0.1) is 6.92 Å². The first-order valence-electron chi connectivity index (χ1n) is 6.54. The van der Waals surface area contributed by atoms with E-state index in [0.717, 1.165) is 5.56 Å². The molecule has 3 aromatic rings. The zero-order valence-electron chi connectivity index (χ0n) is 11.8. The highest BCUT2D eigenvalue weighted by Crippen LogP contribution is 2.36. The van der Waals surface area contributed by atoms with Crippen molar-refractivity contribution in [3.63, 3.8) is 0 Å². The Kier molecular flexibility index (Phi) is 4.20. The van der Waals surface area contributed by atoms with E-state index in [9.17, 15) is 8.78 Å². The molecule has 0 saturated heterocycles. The Morgan fingerprint density at radius 2 is 1.96 bits per heavy atom. The van der Waals surface area contributed by atoms with E-state index in [4.69, 9.17) is 20.9 Å². The summed E-state index contributed by atoms with van der Waals surface area (Å²) in [4.78, 5) is 7.88. The average Bonchev–Trinajstić information content (AvgIpc) is 2.99. The molecule has 8 heteroatoms. The predicted octanol–water partition coefficient (Wildman–Crippen LogP) is 4.82. The number of benzene rings is 1. The highest BCUT2D eigenvalue weighted by molar-refractivity contribution is 6.30. The van der Waals surface area contributed by atoms with Crippen LogP contribution in [0.25, 0.3) is 11.3 Å². The van der Waals surface area contributed by atoms with Gasteiger partial charge >= 0.3 is 6.01 Å². The van der Waals surface area contributed by atoms with Gasteiger partial charge in [-0.25, -0.2) is 18.7 Å². The van der Waals surface area contributed by atoms with E-state index in [-0.39, 0.29) is 11.8 Å². The Morgan fingerprint density at radius 1 is 1.22 bits per heavy atom. The van der Waals surface area contributed by atoms with E-state index in [1.165, 1.54) is 18.5 Å². The van der Waals surface area contributed by atoms with Gasteiger partial charge in [0.1, 0.15) is 11.4 Å². The van der Waals surface area contributed by atoms with Gasteiger partial charge in [0, 0.05) is 6.07 Å². The van der Waals surface area contributed by atoms with Crippen LogP contribution in [0.4, 0.5) is 8.78 Å². The Labute approximate surface area is 134 Å². The molecule has 0 aliphatic carbocycles. The summed E-state index contributed by atoms with van der Waals surface area (Å²) in [6.45, 7) is 1.80. The molecule has 118 valence electrons. The molecule has 2 aromatic heterocycles. The van der Waals surface area contributed by atoms with Crippen molar-refractivity contribution in [2.45, 2.75) is 13.3 Å². The second-order valence-corrected chi connectivity index (χ2v) is 5.09. The lowest BCUT2D eigenvalue weighted by Gasteiger charge is -2.10. The van der Waals surface area contributed by atoms with E-state index < -0.39 is 12.1 Å². The molecule has 0 saturated carbocycles. The molecule has 0 bridgehead atoms. The molecule has 5 nitrogen and oxygen atoms in total. The second-order valence-electron chi connectivity index (χ2n) is 4.65. The number of ether oxygens (including phenoxy) is 1. The number of rotatable bonds is 4. The quantitative estimate of drug-likeness (QED) is 0.682. The highest BCUT2D eigenvalue weighted by atomic mass is 35.5. The van der Waals surface area contributed by atoms with Crippen LogP contribution in [-0.2, 0) is 0 Å². The van der Waals surface area contributed by atoms with Crippen LogP contribution >= 0.6 is 11.6 Å². The molecule has 3 rings (SSSR count). The summed E-state index contributed by atoms with van der Waals surface area (Å²) >= 11 is 5.72. The molecule has 0 aliphatic rings. The molecule has 1 aromatic carbocycles. The lowest BCUT2D eigenvalue weighted by Crippen LogP contribution is -1.94. The molecule has 0 unspecified atom stereocenters. The van der Waals surface area contributed by atoms with Gasteiger partial charge in [0.25, 0.3) is 6.43 Å². The summed E-state index contributed by atoms with van der Waals surface area (Å²) in [5, 5.41) is 3.74. The minimum absolute atomic E-state index is 0.0786. The number of nitrogens with zero attached hydrogens (tertiary/aromatic N) is 3. The number of aryl methyl sites for hydroxylation is 1. The van der Waals surface area contributed by atoms with Crippen molar-refractivity contribution < 1.29 is 18.0 Å². The van der Waals surface area contributed by atoms with Gasteiger partial charge in [0.2, 0.25) is 0 Å². The average molecular weight is 338 g/mol. The molecule has 0 radical (unpaired) electrons. The molecular weight excluding hydrogens is 328 g/mol. The van der Waals surface area contributed by atoms with Gasteiger partial charge in [-0.05, 0) is 18.6 Å². The van der Waals surface area contributed by atoms with Crippen molar-refractivity contribution >= 4 is 11.6 Å². The number of halogens is 3. The number of hydrogen-bond acceptors (Lipinski definition) is 5. The molecule has 23 heavy (non-hydrogen) atoms. The molecule has 0 amide bonds. The standard InChI is InChI=1S/C15H10ClF2N3O2/c1-8-3-2-4-11(22-15-19-6-9(16)7-20-15)13(8)12-5-10(14(17)18)21-23-12/h2-7,14H,1H3. The molecule has 0 N–H and O–H groups in total. The number of hydrogen-bond donors (Lipinski definition) is 0. The number of alkyl halides is 2. The van der Waals surface area contributed by atoms with Crippen molar-refractivity contribution in [1.29, 1.82) is 0 Å². The fraction of sp³-hybridized carbons (Fsp3) is 0.133. The fourth-order valence-corrected chi connectivity index (χ4v) is 2.10. The Hall–Kier alpha value is -2.54. The zero-order valence-corrected chi connectivity index (χ0v) is 12.6. The lowest BCUT2D eigenvalue weighted by atomic mass is 10.1. The van der Waals surface area contributed by atoms with E-state index in [0.29, 0.717) is 16.3 Å². The van der Waals surface area contributed by atoms with Crippen LogP contribution in [0.5, 0.6) is 11.8 Å². The first-order valence-corrected chi connectivity index (χ1v) is 6.92. The summed E-state index contributed by atoms with van der Waals surface area (Å²) in [5.74, 6) is 0.548. The highest BCUT2D eigenvalue weighted by Gasteiger charge is 2.19. The van der Waals surface area contributed by atoms with E-state index in [1.54, 1.807) is 25.1 Å². The fourth-order valence-electron chi connectivity index (χ4n) is 2.00. The van der Waals surface area contributed by atoms with Crippen molar-refractivity contribution in [1.82, 2.24) is 15.1 Å². The SMILES string of the molecule is Cc1cccc(Oc2ncc(Cl)cn2)c1-c1cc(C(F)F)no1. The van der Waals surface area contributed by atoms with Gasteiger partial charge in [-0.1, -0.05) is 28.9 Å². The van der Waals surface area contributed by atoms with E-state index in [2.05, 4.69) is 15.1 Å². The summed E-state index contributed by atoms with van der Waals surface area (Å²) in [6.07, 6.45) is 0.0753. The molecule has 2 heterocycles. The second kappa shape index (κ2) is 6.29. The van der Waals surface area contributed by atoms with Gasteiger partial charge in [0.05, 0.1) is 23.0 Å². The van der Waals surface area contributed by atoms with Crippen LogP contribution in [0.15, 0.2) is 41.2 Å². The first kappa shape index (κ1) is 15.4. The topological polar surface area (TPSA) is 61.0 Å². The Balaban J connectivity index is 2.00. The molecule has 0 aliphatic heterocycles. The summed E-state index contributed by atoms with van der Waals surface area (Å²) in [7, 11) is 0. The van der Waals surface area contributed by atoms with Crippen molar-refractivity contribution in [2.24, 2.45) is 0 Å². The van der Waals surface area contributed by atoms with Crippen LogP contribution in [0.1, 0.15) is 17.7 Å². The Morgan fingerprint density at radius 3 is 2.61 bits per heavy atom. The Bertz CT molecular complexity index is 822. The summed E-state index contributed by atoms with van der Waals surface area (Å²) in [5.41, 5.74) is 0.843. The van der Waals surface area contributed by atoms with E-state index in [1.807, 2.05) is 0 Å².